The lowest BCUT2D eigenvalue weighted by molar-refractivity contribution is 0.352. The lowest BCUT2D eigenvalue weighted by atomic mass is 9.94. The molecule has 0 aliphatic rings. The van der Waals surface area contributed by atoms with Crippen LogP contribution >= 0.6 is 0 Å². The summed E-state index contributed by atoms with van der Waals surface area (Å²) in [5, 5.41) is 3.61. The fourth-order valence-corrected chi connectivity index (χ4v) is 2.33. The first-order valence-corrected chi connectivity index (χ1v) is 7.34. The van der Waals surface area contributed by atoms with Crippen molar-refractivity contribution in [3.05, 3.63) is 60.1 Å². The summed E-state index contributed by atoms with van der Waals surface area (Å²) in [6.45, 7) is 7.62. The van der Waals surface area contributed by atoms with Gasteiger partial charge in [0.15, 0.2) is 0 Å². The fourth-order valence-electron chi connectivity index (χ4n) is 2.33. The maximum absolute atomic E-state index is 5.51. The Balaban J connectivity index is 1.99. The third kappa shape index (κ3) is 5.22. The van der Waals surface area contributed by atoms with Crippen molar-refractivity contribution in [2.24, 2.45) is 5.92 Å². The molecule has 2 aromatic rings. The zero-order valence-electron chi connectivity index (χ0n) is 12.7. The first-order chi connectivity index (χ1) is 9.53. The fraction of sp³-hybridized carbons (Fsp3) is 0.444. The van der Waals surface area contributed by atoms with E-state index in [0.29, 0.717) is 5.92 Å². The van der Waals surface area contributed by atoms with E-state index in [1.807, 2.05) is 6.07 Å². The average Bonchev–Trinajstić information content (AvgIpc) is 2.89. The van der Waals surface area contributed by atoms with E-state index in [1.165, 1.54) is 5.56 Å². The van der Waals surface area contributed by atoms with Crippen LogP contribution in [0.2, 0.25) is 0 Å². The minimum absolute atomic E-state index is 0.151. The smallest absolute Gasteiger partial charge is 0.104 e. The molecule has 0 bridgehead atoms. The monoisotopic (exact) mass is 271 g/mol. The molecule has 0 saturated carbocycles. The van der Waals surface area contributed by atoms with Crippen LogP contribution in [0, 0.1) is 5.92 Å². The number of benzene rings is 1. The molecule has 0 radical (unpaired) electrons. The summed E-state index contributed by atoms with van der Waals surface area (Å²) in [5.74, 6) is 1.62. The maximum atomic E-state index is 5.51. The lowest BCUT2D eigenvalue weighted by Crippen LogP contribution is -2.40. The number of rotatable bonds is 6. The van der Waals surface area contributed by atoms with E-state index in [-0.39, 0.29) is 5.54 Å². The second-order valence-corrected chi connectivity index (χ2v) is 6.47. The first-order valence-electron chi connectivity index (χ1n) is 7.34. The molecule has 1 atom stereocenters. The highest BCUT2D eigenvalue weighted by Crippen LogP contribution is 2.16. The van der Waals surface area contributed by atoms with Crippen LogP contribution in [0.25, 0.3) is 0 Å². The molecule has 108 valence electrons. The molecule has 20 heavy (non-hydrogen) atoms. The Kier molecular flexibility index (Phi) is 5.02. The Labute approximate surface area is 122 Å². The zero-order valence-corrected chi connectivity index (χ0v) is 12.7. The third-order valence-corrected chi connectivity index (χ3v) is 3.36. The minimum atomic E-state index is 0.151. The standard InChI is InChI=1S/C18H25NO/c1-18(2,3)19-14-16(13-17-10-7-11-20-17)12-15-8-5-4-6-9-15/h4-11,16,19H,12-14H2,1-3H3. The van der Waals surface area contributed by atoms with Crippen molar-refractivity contribution in [3.63, 3.8) is 0 Å². The van der Waals surface area contributed by atoms with Gasteiger partial charge in [-0.2, -0.15) is 0 Å². The molecule has 2 nitrogen and oxygen atoms in total. The summed E-state index contributed by atoms with van der Waals surface area (Å²) in [4.78, 5) is 0. The van der Waals surface area contributed by atoms with Gasteiger partial charge >= 0.3 is 0 Å². The summed E-state index contributed by atoms with van der Waals surface area (Å²) in [6.07, 6.45) is 3.81. The molecule has 2 heteroatoms. The van der Waals surface area contributed by atoms with Gasteiger partial charge in [0, 0.05) is 12.0 Å². The molecule has 1 N–H and O–H groups in total. The highest BCUT2D eigenvalue weighted by atomic mass is 16.3. The summed E-state index contributed by atoms with van der Waals surface area (Å²) in [5.41, 5.74) is 1.54. The van der Waals surface area contributed by atoms with Gasteiger partial charge in [0.1, 0.15) is 5.76 Å². The molecular formula is C18H25NO. The molecule has 0 spiro atoms. The molecule has 0 fully saturated rings. The SMILES string of the molecule is CC(C)(C)NCC(Cc1ccccc1)Cc1ccco1. The topological polar surface area (TPSA) is 25.2 Å². The Bertz CT molecular complexity index is 482. The molecule has 1 aromatic carbocycles. The summed E-state index contributed by atoms with van der Waals surface area (Å²) < 4.78 is 5.51. The molecule has 0 amide bonds. The molecule has 1 aromatic heterocycles. The minimum Gasteiger partial charge on any atom is -0.469 e. The van der Waals surface area contributed by atoms with Crippen LogP contribution in [0.4, 0.5) is 0 Å². The van der Waals surface area contributed by atoms with Crippen molar-refractivity contribution >= 4 is 0 Å². The van der Waals surface area contributed by atoms with Crippen molar-refractivity contribution < 1.29 is 4.42 Å². The van der Waals surface area contributed by atoms with E-state index in [0.717, 1.165) is 25.1 Å². The van der Waals surface area contributed by atoms with E-state index in [4.69, 9.17) is 4.42 Å². The Morgan fingerprint density at radius 3 is 2.35 bits per heavy atom. The van der Waals surface area contributed by atoms with Crippen LogP contribution in [0.15, 0.2) is 53.1 Å². The Hall–Kier alpha value is -1.54. The largest absolute Gasteiger partial charge is 0.469 e. The molecule has 1 heterocycles. The second-order valence-electron chi connectivity index (χ2n) is 6.47. The number of nitrogens with one attached hydrogen (secondary N) is 1. The van der Waals surface area contributed by atoms with Gasteiger partial charge in [-0.05, 0) is 57.4 Å². The van der Waals surface area contributed by atoms with Crippen LogP contribution in [0.3, 0.4) is 0 Å². The maximum Gasteiger partial charge on any atom is 0.104 e. The Morgan fingerprint density at radius 1 is 1.00 bits per heavy atom. The molecular weight excluding hydrogens is 246 g/mol. The van der Waals surface area contributed by atoms with Gasteiger partial charge in [-0.25, -0.2) is 0 Å². The molecule has 2 rings (SSSR count). The van der Waals surface area contributed by atoms with Crippen molar-refractivity contribution in [1.82, 2.24) is 5.32 Å². The number of hydrogen-bond donors (Lipinski definition) is 1. The first kappa shape index (κ1) is 14.9. The van der Waals surface area contributed by atoms with Crippen molar-refractivity contribution in [2.45, 2.75) is 39.2 Å². The highest BCUT2D eigenvalue weighted by Gasteiger charge is 2.16. The molecule has 1 unspecified atom stereocenters. The average molecular weight is 271 g/mol. The number of hydrogen-bond acceptors (Lipinski definition) is 2. The van der Waals surface area contributed by atoms with E-state index in [9.17, 15) is 0 Å². The van der Waals surface area contributed by atoms with Crippen molar-refractivity contribution in [2.75, 3.05) is 6.54 Å². The zero-order chi connectivity index (χ0) is 14.4. The lowest BCUT2D eigenvalue weighted by Gasteiger charge is -2.25. The second kappa shape index (κ2) is 6.76. The van der Waals surface area contributed by atoms with E-state index in [1.54, 1.807) is 6.26 Å². The van der Waals surface area contributed by atoms with Gasteiger partial charge in [-0.3, -0.25) is 0 Å². The van der Waals surface area contributed by atoms with Gasteiger partial charge in [0.25, 0.3) is 0 Å². The number of furan rings is 1. The van der Waals surface area contributed by atoms with Gasteiger partial charge in [0.2, 0.25) is 0 Å². The molecule has 0 aliphatic heterocycles. The van der Waals surface area contributed by atoms with Crippen molar-refractivity contribution in [3.8, 4) is 0 Å². The predicted octanol–water partition coefficient (Wildman–Crippen LogP) is 4.07. The van der Waals surface area contributed by atoms with Crippen LogP contribution in [0.5, 0.6) is 0 Å². The van der Waals surface area contributed by atoms with Crippen LogP contribution in [-0.4, -0.2) is 12.1 Å². The van der Waals surface area contributed by atoms with Crippen molar-refractivity contribution in [1.29, 1.82) is 0 Å². The normalized spacial score (nSPS) is 13.3. The van der Waals surface area contributed by atoms with Crippen LogP contribution < -0.4 is 5.32 Å². The predicted molar refractivity (Wildman–Crippen MR) is 83.8 cm³/mol. The molecule has 0 aliphatic carbocycles. The Morgan fingerprint density at radius 2 is 1.75 bits per heavy atom. The highest BCUT2D eigenvalue weighted by molar-refractivity contribution is 5.16. The van der Waals surface area contributed by atoms with Gasteiger partial charge < -0.3 is 9.73 Å². The van der Waals surface area contributed by atoms with Gasteiger partial charge in [0.05, 0.1) is 6.26 Å². The van der Waals surface area contributed by atoms with Gasteiger partial charge in [-0.1, -0.05) is 30.3 Å². The van der Waals surface area contributed by atoms with E-state index < -0.39 is 0 Å². The van der Waals surface area contributed by atoms with E-state index >= 15 is 0 Å². The summed E-state index contributed by atoms with van der Waals surface area (Å²) in [6, 6.07) is 14.7. The quantitative estimate of drug-likeness (QED) is 0.856. The third-order valence-electron chi connectivity index (χ3n) is 3.36. The molecule has 0 saturated heterocycles. The van der Waals surface area contributed by atoms with Crippen LogP contribution in [-0.2, 0) is 12.8 Å². The summed E-state index contributed by atoms with van der Waals surface area (Å²) >= 11 is 0. The van der Waals surface area contributed by atoms with E-state index in [2.05, 4.69) is 62.5 Å². The summed E-state index contributed by atoms with van der Waals surface area (Å²) in [7, 11) is 0. The van der Waals surface area contributed by atoms with Crippen LogP contribution in [0.1, 0.15) is 32.1 Å². The van der Waals surface area contributed by atoms with Gasteiger partial charge in [-0.15, -0.1) is 0 Å².